The number of hydrogen-bond acceptors (Lipinski definition) is 4. The van der Waals surface area contributed by atoms with Gasteiger partial charge in [-0.2, -0.15) is 5.10 Å². The van der Waals surface area contributed by atoms with Crippen LogP contribution in [0.4, 0.5) is 0 Å². The van der Waals surface area contributed by atoms with Gasteiger partial charge in [0.05, 0.1) is 11.7 Å². The van der Waals surface area contributed by atoms with Crippen molar-refractivity contribution in [2.45, 2.75) is 44.6 Å². The molecule has 2 aromatic heterocycles. The fraction of sp³-hybridized carbons (Fsp3) is 0.583. The number of rotatable bonds is 4. The Labute approximate surface area is 105 Å². The molecular weight excluding hydrogens is 228 g/mol. The van der Waals surface area contributed by atoms with Crippen molar-refractivity contribution in [3.63, 3.8) is 0 Å². The molecule has 0 unspecified atom stereocenters. The molecule has 0 spiro atoms. The smallest absolute Gasteiger partial charge is 0.199 e. The maximum Gasteiger partial charge on any atom is 0.199 e. The lowest BCUT2D eigenvalue weighted by molar-refractivity contribution is 0.240. The van der Waals surface area contributed by atoms with Gasteiger partial charge in [0.25, 0.3) is 0 Å². The minimum atomic E-state index is -0.263. The van der Waals surface area contributed by atoms with Crippen LogP contribution in [-0.4, -0.2) is 25.1 Å². The molecule has 0 aliphatic heterocycles. The molecule has 6 heteroatoms. The van der Waals surface area contributed by atoms with Gasteiger partial charge in [-0.25, -0.2) is 9.97 Å². The number of aromatic amines is 2. The van der Waals surface area contributed by atoms with Gasteiger partial charge in [0.2, 0.25) is 0 Å². The molecule has 0 bridgehead atoms. The predicted octanol–water partition coefficient (Wildman–Crippen LogP) is 1.49. The van der Waals surface area contributed by atoms with Gasteiger partial charge in [0, 0.05) is 6.42 Å². The van der Waals surface area contributed by atoms with Gasteiger partial charge in [0.15, 0.2) is 5.82 Å². The molecule has 1 aliphatic carbocycles. The molecular formula is C12H18N6. The molecule has 6 nitrogen and oxygen atoms in total. The van der Waals surface area contributed by atoms with Gasteiger partial charge < -0.3 is 10.7 Å². The minimum Gasteiger partial charge on any atom is -0.338 e. The molecule has 4 N–H and O–H groups in total. The van der Waals surface area contributed by atoms with Crippen LogP contribution in [0.15, 0.2) is 6.20 Å². The third-order valence-corrected chi connectivity index (χ3v) is 3.55. The lowest BCUT2D eigenvalue weighted by Crippen LogP contribution is -2.44. The van der Waals surface area contributed by atoms with E-state index < -0.39 is 0 Å². The minimum absolute atomic E-state index is 0.263. The van der Waals surface area contributed by atoms with E-state index >= 15 is 0 Å². The number of aryl methyl sites for hydroxylation is 1. The Hall–Kier alpha value is -1.69. The summed E-state index contributed by atoms with van der Waals surface area (Å²) in [4.78, 5) is 12.0. The number of H-pyrrole nitrogens is 2. The van der Waals surface area contributed by atoms with Crippen LogP contribution in [-0.2, 0) is 12.0 Å². The standard InChI is InChI=1S/C12H18N6/c1-2-4-9-16-10(18-17-9)8-7-14-11(15-8)12(13)5-3-6-12/h7H,2-6,13H2,1H3,(H,14,15)(H,16,17,18). The summed E-state index contributed by atoms with van der Waals surface area (Å²) in [5.41, 5.74) is 6.80. The van der Waals surface area contributed by atoms with Crippen molar-refractivity contribution in [3.05, 3.63) is 17.8 Å². The van der Waals surface area contributed by atoms with E-state index in [0.29, 0.717) is 5.82 Å². The SMILES string of the molecule is CCCc1nc(-c2cnc(C3(N)CCC3)[nH]2)n[nH]1. The maximum absolute atomic E-state index is 6.23. The predicted molar refractivity (Wildman–Crippen MR) is 67.7 cm³/mol. The summed E-state index contributed by atoms with van der Waals surface area (Å²) in [5, 5.41) is 7.14. The zero-order valence-corrected chi connectivity index (χ0v) is 10.5. The molecule has 18 heavy (non-hydrogen) atoms. The van der Waals surface area contributed by atoms with Crippen molar-refractivity contribution < 1.29 is 0 Å². The van der Waals surface area contributed by atoms with Crippen molar-refractivity contribution in [2.75, 3.05) is 0 Å². The Bertz CT molecular complexity index is 536. The molecule has 96 valence electrons. The second-order valence-electron chi connectivity index (χ2n) is 5.01. The van der Waals surface area contributed by atoms with Crippen molar-refractivity contribution >= 4 is 0 Å². The van der Waals surface area contributed by atoms with Gasteiger partial charge in [-0.15, -0.1) is 0 Å². The Morgan fingerprint density at radius 3 is 2.94 bits per heavy atom. The normalized spacial score (nSPS) is 17.7. The fourth-order valence-corrected chi connectivity index (χ4v) is 2.25. The van der Waals surface area contributed by atoms with E-state index in [9.17, 15) is 0 Å². The van der Waals surface area contributed by atoms with Crippen LogP contribution in [0.3, 0.4) is 0 Å². The molecule has 2 aromatic rings. The number of hydrogen-bond donors (Lipinski definition) is 3. The first kappa shape index (κ1) is 11.4. The molecule has 0 atom stereocenters. The first-order valence-electron chi connectivity index (χ1n) is 6.47. The highest BCUT2D eigenvalue weighted by molar-refractivity contribution is 5.47. The zero-order valence-electron chi connectivity index (χ0n) is 10.5. The first-order valence-corrected chi connectivity index (χ1v) is 6.47. The van der Waals surface area contributed by atoms with Crippen LogP contribution in [0.25, 0.3) is 11.5 Å². The number of imidazole rings is 1. The van der Waals surface area contributed by atoms with E-state index in [1.807, 2.05) is 0 Å². The van der Waals surface area contributed by atoms with E-state index in [0.717, 1.165) is 43.0 Å². The maximum atomic E-state index is 6.23. The van der Waals surface area contributed by atoms with Gasteiger partial charge in [-0.3, -0.25) is 5.10 Å². The summed E-state index contributed by atoms with van der Waals surface area (Å²) in [6.07, 6.45) is 6.89. The molecule has 0 aromatic carbocycles. The van der Waals surface area contributed by atoms with Gasteiger partial charge >= 0.3 is 0 Å². The average molecular weight is 246 g/mol. The number of nitrogens with one attached hydrogen (secondary N) is 2. The van der Waals surface area contributed by atoms with Gasteiger partial charge in [-0.05, 0) is 25.7 Å². The van der Waals surface area contributed by atoms with Crippen molar-refractivity contribution in [3.8, 4) is 11.5 Å². The first-order chi connectivity index (χ1) is 8.71. The largest absolute Gasteiger partial charge is 0.338 e. The molecule has 1 aliphatic rings. The van der Waals surface area contributed by atoms with Gasteiger partial charge in [-0.1, -0.05) is 6.92 Å². The van der Waals surface area contributed by atoms with Crippen LogP contribution in [0.5, 0.6) is 0 Å². The highest BCUT2D eigenvalue weighted by Gasteiger charge is 2.37. The van der Waals surface area contributed by atoms with Crippen molar-refractivity contribution in [1.29, 1.82) is 0 Å². The number of aromatic nitrogens is 5. The van der Waals surface area contributed by atoms with E-state index in [4.69, 9.17) is 5.73 Å². The van der Waals surface area contributed by atoms with Crippen molar-refractivity contribution in [2.24, 2.45) is 5.73 Å². The zero-order chi connectivity index (χ0) is 12.6. The molecule has 2 heterocycles. The number of nitrogens with zero attached hydrogens (tertiary/aromatic N) is 3. The highest BCUT2D eigenvalue weighted by atomic mass is 15.2. The Balaban J connectivity index is 1.83. The van der Waals surface area contributed by atoms with Crippen LogP contribution in [0.2, 0.25) is 0 Å². The third kappa shape index (κ3) is 1.82. The summed E-state index contributed by atoms with van der Waals surface area (Å²) < 4.78 is 0. The average Bonchev–Trinajstić information content (AvgIpc) is 2.94. The molecule has 1 fully saturated rings. The quantitative estimate of drug-likeness (QED) is 0.761. The van der Waals surface area contributed by atoms with Crippen LogP contribution >= 0.6 is 0 Å². The summed E-state index contributed by atoms with van der Waals surface area (Å²) in [5.74, 6) is 2.43. The summed E-state index contributed by atoms with van der Waals surface area (Å²) in [6.45, 7) is 2.12. The molecule has 0 saturated heterocycles. The molecule has 3 rings (SSSR count). The Kier molecular flexibility index (Phi) is 2.66. The highest BCUT2D eigenvalue weighted by Crippen LogP contribution is 2.37. The second-order valence-corrected chi connectivity index (χ2v) is 5.01. The van der Waals surface area contributed by atoms with E-state index in [2.05, 4.69) is 32.1 Å². The van der Waals surface area contributed by atoms with Crippen LogP contribution < -0.4 is 5.73 Å². The van der Waals surface area contributed by atoms with E-state index in [1.165, 1.54) is 6.42 Å². The molecule has 1 saturated carbocycles. The van der Waals surface area contributed by atoms with E-state index in [1.54, 1.807) is 6.20 Å². The topological polar surface area (TPSA) is 96.3 Å². The summed E-state index contributed by atoms with van der Waals surface area (Å²) >= 11 is 0. The van der Waals surface area contributed by atoms with Crippen LogP contribution in [0, 0.1) is 0 Å². The second kappa shape index (κ2) is 4.20. The monoisotopic (exact) mass is 246 g/mol. The molecule has 0 radical (unpaired) electrons. The van der Waals surface area contributed by atoms with Crippen molar-refractivity contribution in [1.82, 2.24) is 25.1 Å². The summed E-state index contributed by atoms with van der Waals surface area (Å²) in [7, 11) is 0. The Morgan fingerprint density at radius 2 is 2.28 bits per heavy atom. The number of nitrogens with two attached hydrogens (primary N) is 1. The van der Waals surface area contributed by atoms with Gasteiger partial charge in [0.1, 0.15) is 17.3 Å². The fourth-order valence-electron chi connectivity index (χ4n) is 2.25. The summed E-state index contributed by atoms with van der Waals surface area (Å²) in [6, 6.07) is 0. The lowest BCUT2D eigenvalue weighted by Gasteiger charge is -2.35. The lowest BCUT2D eigenvalue weighted by atomic mass is 9.77. The Morgan fingerprint density at radius 1 is 1.44 bits per heavy atom. The van der Waals surface area contributed by atoms with Crippen LogP contribution in [0.1, 0.15) is 44.3 Å². The third-order valence-electron chi connectivity index (χ3n) is 3.55. The van der Waals surface area contributed by atoms with E-state index in [-0.39, 0.29) is 5.54 Å². The molecule has 0 amide bonds.